The third-order valence-corrected chi connectivity index (χ3v) is 5.37. The number of esters is 1. The van der Waals surface area contributed by atoms with Crippen LogP contribution in [-0.4, -0.2) is 49.8 Å². The number of carbonyl (C=O) groups excluding carboxylic acids is 2. The lowest BCUT2D eigenvalue weighted by Crippen LogP contribution is -2.23. The quantitative estimate of drug-likeness (QED) is 0.511. The van der Waals surface area contributed by atoms with Crippen LogP contribution in [-0.2, 0) is 9.53 Å². The van der Waals surface area contributed by atoms with Crippen LogP contribution in [0.25, 0.3) is 6.08 Å². The molecule has 0 atom stereocenters. The van der Waals surface area contributed by atoms with Crippen molar-refractivity contribution in [1.82, 2.24) is 4.90 Å². The summed E-state index contributed by atoms with van der Waals surface area (Å²) in [7, 11) is 4.78. The Balaban J connectivity index is 1.91. The van der Waals surface area contributed by atoms with Gasteiger partial charge in [0.2, 0.25) is 0 Å². The van der Waals surface area contributed by atoms with Crippen molar-refractivity contribution in [2.24, 2.45) is 4.99 Å². The van der Waals surface area contributed by atoms with E-state index >= 15 is 0 Å². The topological polar surface area (TPSA) is 77.4 Å². The molecule has 8 heteroatoms. The van der Waals surface area contributed by atoms with E-state index in [1.807, 2.05) is 12.1 Å². The number of carbonyl (C=O) groups is 2. The SMILES string of the molecule is CCOC(=O)c1cccc(N=C2SC(=Cc3cccc(OC)c3OC)C(=O)N2C)c1. The molecule has 1 aliphatic rings. The summed E-state index contributed by atoms with van der Waals surface area (Å²) >= 11 is 1.25. The first-order valence-corrected chi connectivity index (χ1v) is 10.0. The van der Waals surface area contributed by atoms with Gasteiger partial charge < -0.3 is 14.2 Å². The Labute approximate surface area is 179 Å². The number of nitrogens with zero attached hydrogens (tertiary/aromatic N) is 2. The highest BCUT2D eigenvalue weighted by Gasteiger charge is 2.30. The van der Waals surface area contributed by atoms with E-state index in [0.717, 1.165) is 5.56 Å². The predicted molar refractivity (Wildman–Crippen MR) is 117 cm³/mol. The average molecular weight is 426 g/mol. The third kappa shape index (κ3) is 4.49. The van der Waals surface area contributed by atoms with E-state index in [0.29, 0.717) is 39.4 Å². The van der Waals surface area contributed by atoms with Gasteiger partial charge in [-0.2, -0.15) is 0 Å². The maximum atomic E-state index is 12.7. The molecule has 1 fully saturated rings. The number of para-hydroxylation sites is 1. The summed E-state index contributed by atoms with van der Waals surface area (Å²) in [4.78, 5) is 31.2. The molecule has 0 saturated carbocycles. The van der Waals surface area contributed by atoms with Gasteiger partial charge in [-0.15, -0.1) is 0 Å². The number of rotatable bonds is 6. The summed E-state index contributed by atoms with van der Waals surface area (Å²) in [5.74, 6) is 0.551. The molecule has 3 rings (SSSR count). The number of hydrogen-bond acceptors (Lipinski definition) is 7. The van der Waals surface area contributed by atoms with Gasteiger partial charge in [-0.1, -0.05) is 18.2 Å². The Kier molecular flexibility index (Phi) is 6.79. The minimum Gasteiger partial charge on any atom is -0.493 e. The smallest absolute Gasteiger partial charge is 0.338 e. The molecule has 2 aromatic carbocycles. The van der Waals surface area contributed by atoms with Crippen LogP contribution in [0.4, 0.5) is 5.69 Å². The first-order chi connectivity index (χ1) is 14.5. The largest absolute Gasteiger partial charge is 0.493 e. The maximum Gasteiger partial charge on any atom is 0.338 e. The zero-order chi connectivity index (χ0) is 21.7. The highest BCUT2D eigenvalue weighted by molar-refractivity contribution is 8.18. The van der Waals surface area contributed by atoms with Crippen molar-refractivity contribution >= 4 is 40.6 Å². The van der Waals surface area contributed by atoms with Gasteiger partial charge in [0.25, 0.3) is 5.91 Å². The monoisotopic (exact) mass is 426 g/mol. The van der Waals surface area contributed by atoms with Gasteiger partial charge in [-0.3, -0.25) is 9.69 Å². The summed E-state index contributed by atoms with van der Waals surface area (Å²) in [6, 6.07) is 12.3. The van der Waals surface area contributed by atoms with Gasteiger partial charge in [0.15, 0.2) is 16.7 Å². The zero-order valence-corrected chi connectivity index (χ0v) is 18.0. The molecular formula is C22H22N2O5S. The van der Waals surface area contributed by atoms with Gasteiger partial charge >= 0.3 is 5.97 Å². The fraction of sp³-hybridized carbons (Fsp3) is 0.227. The molecule has 2 aromatic rings. The van der Waals surface area contributed by atoms with Gasteiger partial charge in [0.1, 0.15) is 0 Å². The van der Waals surface area contributed by atoms with E-state index < -0.39 is 5.97 Å². The molecule has 0 radical (unpaired) electrons. The second-order valence-electron chi connectivity index (χ2n) is 6.22. The molecule has 0 unspecified atom stereocenters. The number of ether oxygens (including phenoxy) is 3. The van der Waals surface area contributed by atoms with Crippen molar-refractivity contribution in [1.29, 1.82) is 0 Å². The van der Waals surface area contributed by atoms with Crippen LogP contribution in [0.1, 0.15) is 22.8 Å². The van der Waals surface area contributed by atoms with Gasteiger partial charge in [0, 0.05) is 12.6 Å². The van der Waals surface area contributed by atoms with Crippen molar-refractivity contribution in [3.63, 3.8) is 0 Å². The Bertz CT molecular complexity index is 1030. The molecule has 0 spiro atoms. The van der Waals surface area contributed by atoms with Crippen LogP contribution in [0, 0.1) is 0 Å². The number of amides is 1. The highest BCUT2D eigenvalue weighted by Crippen LogP contribution is 2.37. The molecule has 0 bridgehead atoms. The molecule has 30 heavy (non-hydrogen) atoms. The molecule has 156 valence electrons. The second kappa shape index (κ2) is 9.49. The van der Waals surface area contributed by atoms with Crippen molar-refractivity contribution in [2.75, 3.05) is 27.9 Å². The molecule has 0 aliphatic carbocycles. The molecule has 0 aromatic heterocycles. The summed E-state index contributed by atoms with van der Waals surface area (Å²) in [5, 5.41) is 0.508. The number of methoxy groups -OCH3 is 2. The van der Waals surface area contributed by atoms with Crippen LogP contribution >= 0.6 is 11.8 Å². The standard InChI is InChI=1S/C22H22N2O5S/c1-5-29-21(26)15-9-6-10-16(12-15)23-22-24(2)20(25)18(30-22)13-14-8-7-11-17(27-3)19(14)28-4/h6-13H,5H2,1-4H3. The third-order valence-electron chi connectivity index (χ3n) is 4.31. The molecular weight excluding hydrogens is 404 g/mol. The van der Waals surface area contributed by atoms with E-state index in [1.165, 1.54) is 16.7 Å². The summed E-state index contributed by atoms with van der Waals surface area (Å²) < 4.78 is 15.8. The number of amidine groups is 1. The van der Waals surface area contributed by atoms with Gasteiger partial charge in [-0.05, 0) is 49.0 Å². The van der Waals surface area contributed by atoms with E-state index in [1.54, 1.807) is 64.6 Å². The predicted octanol–water partition coefficient (Wildman–Crippen LogP) is 4.11. The van der Waals surface area contributed by atoms with E-state index in [4.69, 9.17) is 14.2 Å². The lowest BCUT2D eigenvalue weighted by Gasteiger charge is -2.10. The first kappa shape index (κ1) is 21.4. The van der Waals surface area contributed by atoms with Gasteiger partial charge in [-0.25, -0.2) is 9.79 Å². The lowest BCUT2D eigenvalue weighted by atomic mass is 10.1. The number of likely N-dealkylation sites (N-methyl/N-ethyl adjacent to an activating group) is 1. The molecule has 0 N–H and O–H groups in total. The Morgan fingerprint density at radius 3 is 2.63 bits per heavy atom. The van der Waals surface area contributed by atoms with E-state index in [2.05, 4.69) is 4.99 Å². The lowest BCUT2D eigenvalue weighted by molar-refractivity contribution is -0.121. The molecule has 1 heterocycles. The van der Waals surface area contributed by atoms with Crippen molar-refractivity contribution < 1.29 is 23.8 Å². The van der Waals surface area contributed by atoms with Crippen molar-refractivity contribution in [3.8, 4) is 11.5 Å². The summed E-state index contributed by atoms with van der Waals surface area (Å²) in [5.41, 5.74) is 1.70. The summed E-state index contributed by atoms with van der Waals surface area (Å²) in [6.07, 6.45) is 1.75. The van der Waals surface area contributed by atoms with Crippen LogP contribution in [0.5, 0.6) is 11.5 Å². The molecule has 1 saturated heterocycles. The van der Waals surface area contributed by atoms with Crippen molar-refractivity contribution in [2.45, 2.75) is 6.92 Å². The maximum absolute atomic E-state index is 12.7. The number of hydrogen-bond donors (Lipinski definition) is 0. The van der Waals surface area contributed by atoms with Crippen molar-refractivity contribution in [3.05, 3.63) is 58.5 Å². The van der Waals surface area contributed by atoms with Crippen LogP contribution in [0.3, 0.4) is 0 Å². The van der Waals surface area contributed by atoms with Crippen LogP contribution in [0.2, 0.25) is 0 Å². The number of benzene rings is 2. The highest BCUT2D eigenvalue weighted by atomic mass is 32.2. The first-order valence-electron chi connectivity index (χ1n) is 9.23. The molecule has 1 amide bonds. The van der Waals surface area contributed by atoms with E-state index in [-0.39, 0.29) is 5.91 Å². The molecule has 1 aliphatic heterocycles. The average Bonchev–Trinajstić information content (AvgIpc) is 3.01. The van der Waals surface area contributed by atoms with Crippen LogP contribution < -0.4 is 9.47 Å². The van der Waals surface area contributed by atoms with Gasteiger partial charge in [0.05, 0.1) is 37.0 Å². The fourth-order valence-corrected chi connectivity index (χ4v) is 3.82. The second-order valence-corrected chi connectivity index (χ2v) is 7.23. The minimum atomic E-state index is -0.409. The Morgan fingerprint density at radius 1 is 1.17 bits per heavy atom. The summed E-state index contributed by atoms with van der Waals surface area (Å²) in [6.45, 7) is 2.05. The zero-order valence-electron chi connectivity index (χ0n) is 17.2. The number of thioether (sulfide) groups is 1. The fourth-order valence-electron chi connectivity index (χ4n) is 2.85. The normalized spacial score (nSPS) is 16.3. The van der Waals surface area contributed by atoms with Crippen LogP contribution in [0.15, 0.2) is 52.4 Å². The van der Waals surface area contributed by atoms with E-state index in [9.17, 15) is 9.59 Å². The number of aliphatic imine (C=N–C) groups is 1. The minimum absolute atomic E-state index is 0.176. The Morgan fingerprint density at radius 2 is 1.93 bits per heavy atom. The molecule has 7 nitrogen and oxygen atoms in total. The Hall–Kier alpha value is -3.26.